The Kier molecular flexibility index (Phi) is 10.6. The maximum Gasteiger partial charge on any atom is 0.416 e. The molecule has 0 atom stereocenters. The van der Waals surface area contributed by atoms with Gasteiger partial charge in [-0.05, 0) is 41.8 Å². The maximum absolute atomic E-state index is 12.8. The summed E-state index contributed by atoms with van der Waals surface area (Å²) in [5.41, 5.74) is 1.27. The van der Waals surface area contributed by atoms with Crippen molar-refractivity contribution in [3.63, 3.8) is 0 Å². The lowest BCUT2D eigenvalue weighted by Gasteiger charge is -2.14. The van der Waals surface area contributed by atoms with Crippen LogP contribution in [0.3, 0.4) is 0 Å². The van der Waals surface area contributed by atoms with Gasteiger partial charge in [0.05, 0.1) is 5.56 Å². The summed E-state index contributed by atoms with van der Waals surface area (Å²) in [7, 11) is 1.58. The molecule has 0 unspecified atom stereocenters. The third kappa shape index (κ3) is 8.21. The van der Waals surface area contributed by atoms with E-state index in [4.69, 9.17) is 0 Å². The predicted molar refractivity (Wildman–Crippen MR) is 123 cm³/mol. The summed E-state index contributed by atoms with van der Waals surface area (Å²) in [6, 6.07) is 12.4. The summed E-state index contributed by atoms with van der Waals surface area (Å²) in [6.45, 7) is 3.21. The monoisotopic (exact) mass is 534 g/mol. The second-order valence-electron chi connectivity index (χ2n) is 6.43. The van der Waals surface area contributed by atoms with Crippen molar-refractivity contribution in [3.8, 4) is 0 Å². The van der Waals surface area contributed by atoms with E-state index in [0.29, 0.717) is 30.2 Å². The summed E-state index contributed by atoms with van der Waals surface area (Å²) in [5.74, 6) is 0.323. The van der Waals surface area contributed by atoms with E-state index in [2.05, 4.69) is 20.9 Å². The summed E-state index contributed by atoms with van der Waals surface area (Å²) in [6.07, 6.45) is -3.51. The number of guanidine groups is 1. The van der Waals surface area contributed by atoms with Crippen molar-refractivity contribution in [2.24, 2.45) is 4.99 Å². The number of amides is 1. The highest BCUT2D eigenvalue weighted by Crippen LogP contribution is 2.29. The van der Waals surface area contributed by atoms with Crippen LogP contribution in [0.25, 0.3) is 0 Å². The molecule has 0 aromatic heterocycles. The van der Waals surface area contributed by atoms with Crippen LogP contribution in [0.2, 0.25) is 0 Å². The highest BCUT2D eigenvalue weighted by atomic mass is 127. The van der Waals surface area contributed by atoms with Gasteiger partial charge in [-0.1, -0.05) is 31.2 Å². The molecular formula is C21H26F3IN4O. The second kappa shape index (κ2) is 12.4. The fraction of sp³-hybridized carbons (Fsp3) is 0.333. The number of nitrogens with zero attached hydrogens (tertiary/aromatic N) is 1. The Morgan fingerprint density at radius 3 is 2.13 bits per heavy atom. The van der Waals surface area contributed by atoms with Gasteiger partial charge in [-0.3, -0.25) is 9.79 Å². The molecule has 0 bridgehead atoms. The third-order valence-electron chi connectivity index (χ3n) is 4.12. The zero-order chi connectivity index (χ0) is 21.3. The van der Waals surface area contributed by atoms with Gasteiger partial charge >= 0.3 is 6.18 Å². The van der Waals surface area contributed by atoms with E-state index in [1.165, 1.54) is 6.07 Å². The molecule has 2 aromatic carbocycles. The van der Waals surface area contributed by atoms with E-state index in [0.717, 1.165) is 24.1 Å². The smallest absolute Gasteiger partial charge is 0.352 e. The van der Waals surface area contributed by atoms with Crippen molar-refractivity contribution in [2.75, 3.05) is 13.6 Å². The first kappa shape index (κ1) is 25.7. The summed E-state index contributed by atoms with van der Waals surface area (Å²) in [4.78, 5) is 16.1. The molecule has 0 radical (unpaired) electrons. The Labute approximate surface area is 191 Å². The Balaban J connectivity index is 0.00000450. The van der Waals surface area contributed by atoms with Crippen LogP contribution in [-0.4, -0.2) is 25.5 Å². The highest BCUT2D eigenvalue weighted by Gasteiger charge is 2.30. The first-order chi connectivity index (χ1) is 13.8. The molecular weight excluding hydrogens is 508 g/mol. The Morgan fingerprint density at radius 1 is 0.967 bits per heavy atom. The Morgan fingerprint density at radius 2 is 1.57 bits per heavy atom. The summed E-state index contributed by atoms with van der Waals surface area (Å²) in [5, 5.41) is 8.92. The van der Waals surface area contributed by atoms with Crippen molar-refractivity contribution in [2.45, 2.75) is 32.6 Å². The van der Waals surface area contributed by atoms with E-state index in [1.807, 2.05) is 13.0 Å². The van der Waals surface area contributed by atoms with Crippen LogP contribution in [-0.2, 0) is 19.3 Å². The maximum atomic E-state index is 12.8. The second-order valence-corrected chi connectivity index (χ2v) is 6.43. The molecule has 5 nitrogen and oxygen atoms in total. The van der Waals surface area contributed by atoms with Crippen LogP contribution in [0.1, 0.15) is 40.4 Å². The van der Waals surface area contributed by atoms with Crippen molar-refractivity contribution >= 4 is 35.8 Å². The van der Waals surface area contributed by atoms with Crippen molar-refractivity contribution in [1.29, 1.82) is 0 Å². The number of rotatable bonds is 7. The van der Waals surface area contributed by atoms with Crippen LogP contribution in [0.5, 0.6) is 0 Å². The molecule has 2 rings (SSSR count). The molecule has 0 spiro atoms. The molecule has 0 saturated heterocycles. The van der Waals surface area contributed by atoms with Crippen LogP contribution in [0.15, 0.2) is 53.5 Å². The van der Waals surface area contributed by atoms with Gasteiger partial charge in [0.1, 0.15) is 0 Å². The summed E-state index contributed by atoms with van der Waals surface area (Å²) >= 11 is 0. The molecule has 0 aliphatic rings. The van der Waals surface area contributed by atoms with Gasteiger partial charge in [0.2, 0.25) is 0 Å². The quantitative estimate of drug-likeness (QED) is 0.282. The molecule has 0 aliphatic carbocycles. The molecule has 0 aliphatic heterocycles. The van der Waals surface area contributed by atoms with Crippen LogP contribution in [0.4, 0.5) is 13.2 Å². The van der Waals surface area contributed by atoms with Gasteiger partial charge in [0.25, 0.3) is 5.91 Å². The Hall–Kier alpha value is -2.30. The van der Waals surface area contributed by atoms with Crippen LogP contribution >= 0.6 is 24.0 Å². The van der Waals surface area contributed by atoms with Gasteiger partial charge in [0.15, 0.2) is 5.96 Å². The minimum absolute atomic E-state index is 0. The minimum Gasteiger partial charge on any atom is -0.352 e. The third-order valence-corrected chi connectivity index (χ3v) is 4.12. The highest BCUT2D eigenvalue weighted by molar-refractivity contribution is 14.0. The number of hydrogen-bond donors (Lipinski definition) is 3. The standard InChI is InChI=1S/C21H25F3N4O.HI/c1-3-10-26-19(29)17-8-4-6-15(11-17)13-27-20(25-2)28-14-16-7-5-9-18(12-16)21(22,23)24;/h4-9,11-12H,3,10,13-14H2,1-2H3,(H,26,29)(H2,25,27,28);1H. The number of aliphatic imine (C=N–C) groups is 1. The number of nitrogens with one attached hydrogen (secondary N) is 3. The number of benzene rings is 2. The first-order valence-electron chi connectivity index (χ1n) is 9.31. The molecule has 2 aromatic rings. The number of carbonyl (C=O) groups excluding carboxylic acids is 1. The van der Waals surface area contributed by atoms with Gasteiger partial charge in [-0.15, -0.1) is 24.0 Å². The topological polar surface area (TPSA) is 65.5 Å². The van der Waals surface area contributed by atoms with E-state index in [9.17, 15) is 18.0 Å². The predicted octanol–water partition coefficient (Wildman–Crippen LogP) is 4.33. The van der Waals surface area contributed by atoms with Gasteiger partial charge in [0, 0.05) is 32.2 Å². The molecule has 0 heterocycles. The van der Waals surface area contributed by atoms with E-state index >= 15 is 0 Å². The number of hydrogen-bond acceptors (Lipinski definition) is 2. The van der Waals surface area contributed by atoms with E-state index in [-0.39, 0.29) is 36.4 Å². The van der Waals surface area contributed by atoms with Gasteiger partial charge in [-0.25, -0.2) is 0 Å². The number of carbonyl (C=O) groups is 1. The first-order valence-corrected chi connectivity index (χ1v) is 9.31. The van der Waals surface area contributed by atoms with Crippen molar-refractivity contribution in [1.82, 2.24) is 16.0 Å². The molecule has 1 amide bonds. The fourth-order valence-corrected chi connectivity index (χ4v) is 2.61. The van der Waals surface area contributed by atoms with Crippen LogP contribution in [0, 0.1) is 0 Å². The summed E-state index contributed by atoms with van der Waals surface area (Å²) < 4.78 is 38.4. The van der Waals surface area contributed by atoms with E-state index < -0.39 is 11.7 Å². The molecule has 0 saturated carbocycles. The van der Waals surface area contributed by atoms with Crippen molar-refractivity contribution < 1.29 is 18.0 Å². The Bertz CT molecular complexity index is 856. The normalized spacial score (nSPS) is 11.4. The molecule has 3 N–H and O–H groups in total. The number of alkyl halides is 3. The van der Waals surface area contributed by atoms with E-state index in [1.54, 1.807) is 31.3 Å². The molecule has 30 heavy (non-hydrogen) atoms. The SMILES string of the molecule is CCCNC(=O)c1cccc(CNC(=NC)NCc2cccc(C(F)(F)F)c2)c1.I. The minimum atomic E-state index is -4.37. The molecule has 164 valence electrons. The van der Waals surface area contributed by atoms with Gasteiger partial charge in [-0.2, -0.15) is 13.2 Å². The molecule has 0 fully saturated rings. The average Bonchev–Trinajstić information content (AvgIpc) is 2.72. The lowest BCUT2D eigenvalue weighted by Crippen LogP contribution is -2.36. The fourth-order valence-electron chi connectivity index (χ4n) is 2.61. The lowest BCUT2D eigenvalue weighted by molar-refractivity contribution is -0.137. The van der Waals surface area contributed by atoms with Gasteiger partial charge < -0.3 is 16.0 Å². The average molecular weight is 534 g/mol. The van der Waals surface area contributed by atoms with Crippen molar-refractivity contribution in [3.05, 3.63) is 70.8 Å². The zero-order valence-electron chi connectivity index (χ0n) is 16.8. The molecule has 9 heteroatoms. The van der Waals surface area contributed by atoms with Crippen LogP contribution < -0.4 is 16.0 Å². The number of halogens is 4. The largest absolute Gasteiger partial charge is 0.416 e. The zero-order valence-corrected chi connectivity index (χ0v) is 19.2. The lowest BCUT2D eigenvalue weighted by atomic mass is 10.1.